The minimum Gasteiger partial charge on any atom is -0.496 e. The molecule has 0 saturated heterocycles. The standard InChI is InChI=1S/C21H28N2O5S/c1-5-23(29(25,26)18-13-11-17(12-14-18)28-6-2)15-21(24)22-16(3)19-9-7-8-10-20(19)27-4/h7-14,16H,5-6,15H2,1-4H3,(H,22,24)/t16-/m1/s1. The molecule has 7 nitrogen and oxygen atoms in total. The molecule has 8 heteroatoms. The second-order valence-electron chi connectivity index (χ2n) is 6.37. The van der Waals surface area contributed by atoms with Crippen LogP contribution in [0.2, 0.25) is 0 Å². The summed E-state index contributed by atoms with van der Waals surface area (Å²) in [6.07, 6.45) is 0. The number of methoxy groups -OCH3 is 1. The number of hydrogen-bond donors (Lipinski definition) is 1. The zero-order valence-corrected chi connectivity index (χ0v) is 18.0. The van der Waals surface area contributed by atoms with E-state index in [-0.39, 0.29) is 29.9 Å². The fourth-order valence-electron chi connectivity index (χ4n) is 2.94. The van der Waals surface area contributed by atoms with Crippen molar-refractivity contribution in [1.29, 1.82) is 0 Å². The first kappa shape index (κ1) is 22.7. The summed E-state index contributed by atoms with van der Waals surface area (Å²) in [5.74, 6) is 0.868. The van der Waals surface area contributed by atoms with Crippen LogP contribution in [0.3, 0.4) is 0 Å². The summed E-state index contributed by atoms with van der Waals surface area (Å²) in [5, 5.41) is 2.84. The normalized spacial score (nSPS) is 12.4. The number of rotatable bonds is 10. The molecule has 29 heavy (non-hydrogen) atoms. The van der Waals surface area contributed by atoms with Crippen LogP contribution in [0.4, 0.5) is 0 Å². The molecule has 2 aromatic rings. The number of carbonyl (C=O) groups is 1. The lowest BCUT2D eigenvalue weighted by Gasteiger charge is -2.22. The number of hydrogen-bond acceptors (Lipinski definition) is 5. The first-order chi connectivity index (χ1) is 13.8. The van der Waals surface area contributed by atoms with Gasteiger partial charge in [0.2, 0.25) is 15.9 Å². The number of likely N-dealkylation sites (N-methyl/N-ethyl adjacent to an activating group) is 1. The van der Waals surface area contributed by atoms with E-state index in [1.807, 2.05) is 38.1 Å². The van der Waals surface area contributed by atoms with Gasteiger partial charge in [0.15, 0.2) is 0 Å². The lowest BCUT2D eigenvalue weighted by molar-refractivity contribution is -0.121. The molecule has 1 N–H and O–H groups in total. The molecule has 0 unspecified atom stereocenters. The Kier molecular flexibility index (Phi) is 8.04. The lowest BCUT2D eigenvalue weighted by Crippen LogP contribution is -2.41. The van der Waals surface area contributed by atoms with Gasteiger partial charge in [-0.3, -0.25) is 4.79 Å². The molecule has 0 fully saturated rings. The van der Waals surface area contributed by atoms with Crippen molar-refractivity contribution in [1.82, 2.24) is 9.62 Å². The molecule has 0 saturated carbocycles. The third kappa shape index (κ3) is 5.71. The van der Waals surface area contributed by atoms with Crippen LogP contribution in [-0.2, 0) is 14.8 Å². The molecule has 1 atom stereocenters. The van der Waals surface area contributed by atoms with E-state index in [0.29, 0.717) is 18.1 Å². The summed E-state index contributed by atoms with van der Waals surface area (Å²) >= 11 is 0. The van der Waals surface area contributed by atoms with E-state index in [1.54, 1.807) is 26.2 Å². The highest BCUT2D eigenvalue weighted by Crippen LogP contribution is 2.24. The average molecular weight is 421 g/mol. The Morgan fingerprint density at radius 2 is 1.76 bits per heavy atom. The van der Waals surface area contributed by atoms with E-state index >= 15 is 0 Å². The monoisotopic (exact) mass is 420 g/mol. The maximum Gasteiger partial charge on any atom is 0.243 e. The maximum absolute atomic E-state index is 12.9. The van der Waals surface area contributed by atoms with Gasteiger partial charge in [-0.2, -0.15) is 4.31 Å². The Balaban J connectivity index is 2.10. The highest BCUT2D eigenvalue weighted by Gasteiger charge is 2.26. The Hall–Kier alpha value is -2.58. The predicted octanol–water partition coefficient (Wildman–Crippen LogP) is 2.98. The lowest BCUT2D eigenvalue weighted by atomic mass is 10.1. The first-order valence-corrected chi connectivity index (χ1v) is 10.9. The fraction of sp³-hybridized carbons (Fsp3) is 0.381. The highest BCUT2D eigenvalue weighted by molar-refractivity contribution is 7.89. The average Bonchev–Trinajstić information content (AvgIpc) is 2.72. The molecule has 0 radical (unpaired) electrons. The number of para-hydroxylation sites is 1. The number of sulfonamides is 1. The molecule has 2 aromatic carbocycles. The van der Waals surface area contributed by atoms with Crippen molar-refractivity contribution in [3.8, 4) is 11.5 Å². The number of amides is 1. The van der Waals surface area contributed by atoms with E-state index in [4.69, 9.17) is 9.47 Å². The van der Waals surface area contributed by atoms with Crippen LogP contribution in [0.1, 0.15) is 32.4 Å². The topological polar surface area (TPSA) is 84.9 Å². The van der Waals surface area contributed by atoms with Gasteiger partial charge >= 0.3 is 0 Å². The summed E-state index contributed by atoms with van der Waals surface area (Å²) in [5.41, 5.74) is 0.820. The summed E-state index contributed by atoms with van der Waals surface area (Å²) in [6.45, 7) is 5.78. The molecule has 0 aliphatic carbocycles. The SMILES string of the molecule is CCOc1ccc(S(=O)(=O)N(CC)CC(=O)N[C@H](C)c2ccccc2OC)cc1. The van der Waals surface area contributed by atoms with Crippen LogP contribution >= 0.6 is 0 Å². The minimum absolute atomic E-state index is 0.119. The summed E-state index contributed by atoms with van der Waals surface area (Å²) in [6, 6.07) is 13.2. The zero-order chi connectivity index (χ0) is 21.4. The molecule has 158 valence electrons. The number of ether oxygens (including phenoxy) is 2. The van der Waals surface area contributed by atoms with Gasteiger partial charge in [-0.25, -0.2) is 8.42 Å². The van der Waals surface area contributed by atoms with Crippen LogP contribution in [0.25, 0.3) is 0 Å². The van der Waals surface area contributed by atoms with Gasteiger partial charge in [0.25, 0.3) is 0 Å². The molecule has 0 aromatic heterocycles. The van der Waals surface area contributed by atoms with E-state index in [9.17, 15) is 13.2 Å². The van der Waals surface area contributed by atoms with Gasteiger partial charge in [-0.1, -0.05) is 25.1 Å². The Morgan fingerprint density at radius 1 is 1.10 bits per heavy atom. The van der Waals surface area contributed by atoms with E-state index in [2.05, 4.69) is 5.32 Å². The van der Waals surface area contributed by atoms with Gasteiger partial charge in [0.1, 0.15) is 11.5 Å². The maximum atomic E-state index is 12.9. The Labute approximate surface area is 172 Å². The van der Waals surface area contributed by atoms with Gasteiger partial charge in [-0.15, -0.1) is 0 Å². The van der Waals surface area contributed by atoms with Crippen molar-refractivity contribution >= 4 is 15.9 Å². The van der Waals surface area contributed by atoms with Crippen molar-refractivity contribution < 1.29 is 22.7 Å². The number of benzene rings is 2. The molecule has 1 amide bonds. The number of carbonyl (C=O) groups excluding carboxylic acids is 1. The second-order valence-corrected chi connectivity index (χ2v) is 8.30. The van der Waals surface area contributed by atoms with Crippen molar-refractivity contribution in [2.75, 3.05) is 26.8 Å². The third-order valence-corrected chi connectivity index (χ3v) is 6.36. The largest absolute Gasteiger partial charge is 0.496 e. The molecule has 0 heterocycles. The van der Waals surface area contributed by atoms with Crippen molar-refractivity contribution in [3.63, 3.8) is 0 Å². The van der Waals surface area contributed by atoms with Crippen LogP contribution in [0.15, 0.2) is 53.4 Å². The minimum atomic E-state index is -3.80. The number of nitrogens with one attached hydrogen (secondary N) is 1. The van der Waals surface area contributed by atoms with Gasteiger partial charge in [0.05, 0.1) is 31.2 Å². The number of nitrogens with zero attached hydrogens (tertiary/aromatic N) is 1. The van der Waals surface area contributed by atoms with Crippen LogP contribution in [0.5, 0.6) is 11.5 Å². The van der Waals surface area contributed by atoms with E-state index < -0.39 is 10.0 Å². The molecule has 2 rings (SSSR count). The summed E-state index contributed by atoms with van der Waals surface area (Å²) in [7, 11) is -2.23. The van der Waals surface area contributed by atoms with Crippen molar-refractivity contribution in [3.05, 3.63) is 54.1 Å². The highest BCUT2D eigenvalue weighted by atomic mass is 32.2. The summed E-state index contributed by atoms with van der Waals surface area (Å²) in [4.78, 5) is 12.7. The molecule has 0 aliphatic rings. The van der Waals surface area contributed by atoms with E-state index in [0.717, 1.165) is 9.87 Å². The van der Waals surface area contributed by atoms with Crippen LogP contribution in [-0.4, -0.2) is 45.4 Å². The zero-order valence-electron chi connectivity index (χ0n) is 17.2. The molecule has 0 aliphatic heterocycles. The van der Waals surface area contributed by atoms with Gasteiger partial charge in [-0.05, 0) is 44.2 Å². The molecular formula is C21H28N2O5S. The van der Waals surface area contributed by atoms with Crippen LogP contribution < -0.4 is 14.8 Å². The first-order valence-electron chi connectivity index (χ1n) is 9.48. The molecule has 0 bridgehead atoms. The quantitative estimate of drug-likeness (QED) is 0.639. The van der Waals surface area contributed by atoms with Crippen molar-refractivity contribution in [2.24, 2.45) is 0 Å². The second kappa shape index (κ2) is 10.3. The summed E-state index contributed by atoms with van der Waals surface area (Å²) < 4.78 is 37.6. The fourth-order valence-corrected chi connectivity index (χ4v) is 4.34. The predicted molar refractivity (Wildman–Crippen MR) is 112 cm³/mol. The van der Waals surface area contributed by atoms with E-state index in [1.165, 1.54) is 12.1 Å². The van der Waals surface area contributed by atoms with Gasteiger partial charge in [0, 0.05) is 12.1 Å². The molecule has 0 spiro atoms. The van der Waals surface area contributed by atoms with Gasteiger partial charge < -0.3 is 14.8 Å². The molecular weight excluding hydrogens is 392 g/mol. The Bertz CT molecular complexity index is 913. The van der Waals surface area contributed by atoms with Crippen LogP contribution in [0, 0.1) is 0 Å². The Morgan fingerprint density at radius 3 is 2.34 bits per heavy atom. The third-order valence-electron chi connectivity index (χ3n) is 4.43. The van der Waals surface area contributed by atoms with Crippen molar-refractivity contribution in [2.45, 2.75) is 31.7 Å². The smallest absolute Gasteiger partial charge is 0.243 e.